The van der Waals surface area contributed by atoms with Crippen molar-refractivity contribution >= 4 is 54.5 Å². The van der Waals surface area contributed by atoms with Gasteiger partial charge in [0.15, 0.2) is 0 Å². The van der Waals surface area contributed by atoms with E-state index in [2.05, 4.69) is 0 Å². The summed E-state index contributed by atoms with van der Waals surface area (Å²) in [7, 11) is -2.74. The SMILES string of the molecule is CC(C)SS(=O)(=O)c1c(Cl)cc(Cl)cc1Cl. The Kier molecular flexibility index (Phi) is 4.84. The summed E-state index contributed by atoms with van der Waals surface area (Å²) in [6, 6.07) is 2.73. The van der Waals surface area contributed by atoms with Crippen LogP contribution in [0.25, 0.3) is 0 Å². The molecule has 1 aromatic carbocycles. The van der Waals surface area contributed by atoms with Crippen LogP contribution in [0.3, 0.4) is 0 Å². The first kappa shape index (κ1) is 14.5. The van der Waals surface area contributed by atoms with Crippen molar-refractivity contribution in [3.05, 3.63) is 27.2 Å². The Morgan fingerprint density at radius 1 is 1.12 bits per heavy atom. The molecule has 0 saturated carbocycles. The Morgan fingerprint density at radius 2 is 1.56 bits per heavy atom. The second kappa shape index (κ2) is 5.36. The van der Waals surface area contributed by atoms with Crippen molar-refractivity contribution in [2.75, 3.05) is 0 Å². The van der Waals surface area contributed by atoms with Gasteiger partial charge in [-0.2, -0.15) is 0 Å². The Morgan fingerprint density at radius 3 is 1.94 bits per heavy atom. The van der Waals surface area contributed by atoms with Crippen molar-refractivity contribution in [2.24, 2.45) is 0 Å². The summed E-state index contributed by atoms with van der Waals surface area (Å²) >= 11 is 17.4. The molecule has 7 heteroatoms. The van der Waals surface area contributed by atoms with Crippen molar-refractivity contribution in [1.29, 1.82) is 0 Å². The van der Waals surface area contributed by atoms with E-state index >= 15 is 0 Å². The minimum atomic E-state index is -3.54. The minimum absolute atomic E-state index is 0.0469. The number of benzene rings is 1. The van der Waals surface area contributed by atoms with Gasteiger partial charge in [-0.15, -0.1) is 0 Å². The summed E-state index contributed by atoms with van der Waals surface area (Å²) in [6.07, 6.45) is 0. The summed E-state index contributed by atoms with van der Waals surface area (Å²) in [6.45, 7) is 3.56. The van der Waals surface area contributed by atoms with E-state index in [1.54, 1.807) is 13.8 Å². The lowest BCUT2D eigenvalue weighted by Crippen LogP contribution is -2.02. The van der Waals surface area contributed by atoms with Crippen molar-refractivity contribution in [3.8, 4) is 0 Å². The lowest BCUT2D eigenvalue weighted by molar-refractivity contribution is 0.610. The highest BCUT2D eigenvalue weighted by Gasteiger charge is 2.24. The number of rotatable bonds is 3. The maximum absolute atomic E-state index is 11.9. The number of hydrogen-bond donors (Lipinski definition) is 0. The van der Waals surface area contributed by atoms with Crippen LogP contribution < -0.4 is 0 Å². The van der Waals surface area contributed by atoms with Crippen LogP contribution in [0.15, 0.2) is 17.0 Å². The first-order valence-electron chi connectivity index (χ1n) is 4.32. The van der Waals surface area contributed by atoms with E-state index in [4.69, 9.17) is 34.8 Å². The van der Waals surface area contributed by atoms with Gasteiger partial charge in [0, 0.05) is 10.3 Å². The highest BCUT2D eigenvalue weighted by atomic mass is 35.5. The van der Waals surface area contributed by atoms with Crippen LogP contribution in [0.5, 0.6) is 0 Å². The largest absolute Gasteiger partial charge is 0.233 e. The van der Waals surface area contributed by atoms with E-state index in [-0.39, 0.29) is 20.2 Å². The molecule has 0 aliphatic heterocycles. The fourth-order valence-electron chi connectivity index (χ4n) is 1.07. The zero-order chi connectivity index (χ0) is 12.5. The third-order valence-electron chi connectivity index (χ3n) is 1.53. The molecule has 0 bridgehead atoms. The van der Waals surface area contributed by atoms with E-state index in [1.165, 1.54) is 12.1 Å². The van der Waals surface area contributed by atoms with Crippen LogP contribution in [-0.4, -0.2) is 13.7 Å². The van der Waals surface area contributed by atoms with Gasteiger partial charge >= 0.3 is 0 Å². The maximum atomic E-state index is 11.9. The van der Waals surface area contributed by atoms with Gasteiger partial charge < -0.3 is 0 Å². The van der Waals surface area contributed by atoms with E-state index in [9.17, 15) is 8.42 Å². The fourth-order valence-corrected chi connectivity index (χ4v) is 6.32. The van der Waals surface area contributed by atoms with Gasteiger partial charge in [-0.1, -0.05) is 48.7 Å². The van der Waals surface area contributed by atoms with Gasteiger partial charge in [-0.3, -0.25) is 0 Å². The Bertz CT molecular complexity index is 474. The predicted molar refractivity (Wildman–Crippen MR) is 71.4 cm³/mol. The highest BCUT2D eigenvalue weighted by Crippen LogP contribution is 2.38. The van der Waals surface area contributed by atoms with Gasteiger partial charge in [0.25, 0.3) is 0 Å². The summed E-state index contributed by atoms with van der Waals surface area (Å²) < 4.78 is 23.9. The molecule has 0 aromatic heterocycles. The molecule has 0 spiro atoms. The second-order valence-corrected chi connectivity index (χ2v) is 8.89. The molecule has 1 aromatic rings. The molecule has 0 heterocycles. The molecule has 16 heavy (non-hydrogen) atoms. The average molecular weight is 320 g/mol. The lowest BCUT2D eigenvalue weighted by Gasteiger charge is -2.10. The van der Waals surface area contributed by atoms with Gasteiger partial charge in [0.1, 0.15) is 4.90 Å². The van der Waals surface area contributed by atoms with E-state index in [0.717, 1.165) is 10.8 Å². The van der Waals surface area contributed by atoms with Crippen LogP contribution in [0.2, 0.25) is 15.1 Å². The van der Waals surface area contributed by atoms with Gasteiger partial charge in [0.2, 0.25) is 8.87 Å². The molecule has 0 aliphatic carbocycles. The first-order chi connectivity index (χ1) is 7.24. The standard InChI is InChI=1S/C9H9Cl3O2S2/c1-5(2)15-16(13,14)9-7(11)3-6(10)4-8(9)12/h3-5H,1-2H3. The average Bonchev–Trinajstić information content (AvgIpc) is 1.96. The molecule has 0 fully saturated rings. The van der Waals surface area contributed by atoms with Gasteiger partial charge in [0.05, 0.1) is 10.0 Å². The maximum Gasteiger partial charge on any atom is 0.233 e. The fraction of sp³-hybridized carbons (Fsp3) is 0.333. The summed E-state index contributed by atoms with van der Waals surface area (Å²) in [5, 5.41) is 0.326. The van der Waals surface area contributed by atoms with Crippen molar-refractivity contribution in [3.63, 3.8) is 0 Å². The van der Waals surface area contributed by atoms with E-state index in [0.29, 0.717) is 5.02 Å². The third-order valence-corrected chi connectivity index (χ3v) is 6.56. The van der Waals surface area contributed by atoms with Crippen molar-refractivity contribution in [2.45, 2.75) is 24.0 Å². The summed E-state index contributed by atoms with van der Waals surface area (Å²) in [5.74, 6) is 0. The monoisotopic (exact) mass is 318 g/mol. The molecule has 0 aliphatic rings. The second-order valence-electron chi connectivity index (χ2n) is 3.30. The van der Waals surface area contributed by atoms with Gasteiger partial charge in [-0.05, 0) is 22.9 Å². The Hall–Kier alpha value is 0.390. The van der Waals surface area contributed by atoms with Crippen LogP contribution in [0, 0.1) is 0 Å². The zero-order valence-corrected chi connectivity index (χ0v) is 12.4. The van der Waals surface area contributed by atoms with Crippen LogP contribution in [0.1, 0.15) is 13.8 Å². The predicted octanol–water partition coefficient (Wildman–Crippen LogP) is 4.48. The number of hydrogen-bond acceptors (Lipinski definition) is 3. The van der Waals surface area contributed by atoms with Crippen LogP contribution in [0.4, 0.5) is 0 Å². The number of halogens is 3. The molecule has 90 valence electrons. The molecule has 0 amide bonds. The Labute approximate surface area is 114 Å². The molecule has 0 N–H and O–H groups in total. The van der Waals surface area contributed by atoms with Crippen LogP contribution in [-0.2, 0) is 8.87 Å². The normalized spacial score (nSPS) is 12.1. The van der Waals surface area contributed by atoms with Crippen molar-refractivity contribution < 1.29 is 8.42 Å². The summed E-state index contributed by atoms with van der Waals surface area (Å²) in [5.41, 5.74) is 0. The van der Waals surface area contributed by atoms with E-state index < -0.39 is 8.87 Å². The molecule has 0 saturated heterocycles. The summed E-state index contributed by atoms with van der Waals surface area (Å²) in [4.78, 5) is -0.0704. The van der Waals surface area contributed by atoms with Crippen molar-refractivity contribution in [1.82, 2.24) is 0 Å². The smallest absolute Gasteiger partial charge is 0.212 e. The third kappa shape index (κ3) is 3.44. The van der Waals surface area contributed by atoms with E-state index in [1.807, 2.05) is 0 Å². The highest BCUT2D eigenvalue weighted by molar-refractivity contribution is 8.72. The first-order valence-corrected chi connectivity index (χ1v) is 8.33. The topological polar surface area (TPSA) is 34.1 Å². The molecule has 1 rings (SSSR count). The molecular weight excluding hydrogens is 311 g/mol. The lowest BCUT2D eigenvalue weighted by atomic mass is 10.4. The molecular formula is C9H9Cl3O2S2. The quantitative estimate of drug-likeness (QED) is 0.770. The molecule has 0 atom stereocenters. The molecule has 0 unspecified atom stereocenters. The zero-order valence-electron chi connectivity index (χ0n) is 8.50. The molecule has 2 nitrogen and oxygen atoms in total. The Balaban J connectivity index is 3.34. The van der Waals surface area contributed by atoms with Gasteiger partial charge in [-0.25, -0.2) is 8.42 Å². The van der Waals surface area contributed by atoms with Crippen LogP contribution >= 0.6 is 45.6 Å². The molecule has 0 radical (unpaired) electrons. The minimum Gasteiger partial charge on any atom is -0.212 e.